The van der Waals surface area contributed by atoms with E-state index in [0.29, 0.717) is 12.6 Å². The summed E-state index contributed by atoms with van der Waals surface area (Å²) in [5.41, 5.74) is 6.96. The number of nitrogen functional groups attached to an aromatic ring is 1. The van der Waals surface area contributed by atoms with E-state index in [2.05, 4.69) is 27.1 Å². The Kier molecular flexibility index (Phi) is 4.29. The zero-order chi connectivity index (χ0) is 15.5. The molecule has 0 radical (unpaired) electrons. The summed E-state index contributed by atoms with van der Waals surface area (Å²) in [7, 11) is 4.08. The van der Waals surface area contributed by atoms with Crippen LogP contribution in [-0.4, -0.2) is 46.9 Å². The first kappa shape index (κ1) is 14.8. The highest BCUT2D eigenvalue weighted by Crippen LogP contribution is 2.30. The van der Waals surface area contributed by atoms with Crippen LogP contribution in [0.25, 0.3) is 0 Å². The number of benzene rings is 1. The van der Waals surface area contributed by atoms with Crippen molar-refractivity contribution in [1.82, 2.24) is 19.7 Å². The van der Waals surface area contributed by atoms with E-state index in [1.807, 2.05) is 30.9 Å². The molecule has 2 N–H and O–H groups in total. The molecular weight excluding hydrogens is 278 g/mol. The smallest absolute Gasteiger partial charge is 0.239 e. The molecule has 3 rings (SSSR count). The number of hydrogen-bond acceptors (Lipinski definition) is 5. The Hall–Kier alpha value is -2.08. The van der Waals surface area contributed by atoms with Gasteiger partial charge in [0.05, 0.1) is 6.04 Å². The fraction of sp³-hybridized carbons (Fsp3) is 0.500. The Morgan fingerprint density at radius 3 is 2.82 bits per heavy atom. The Morgan fingerprint density at radius 2 is 2.09 bits per heavy atom. The molecular formula is C16H23N5O. The van der Waals surface area contributed by atoms with Gasteiger partial charge in [-0.2, -0.15) is 4.98 Å². The molecule has 1 atom stereocenters. The van der Waals surface area contributed by atoms with Gasteiger partial charge in [-0.05, 0) is 44.6 Å². The first-order chi connectivity index (χ1) is 10.6. The lowest BCUT2D eigenvalue weighted by atomic mass is 9.98. The van der Waals surface area contributed by atoms with Gasteiger partial charge in [0.15, 0.2) is 0 Å². The van der Waals surface area contributed by atoms with Crippen molar-refractivity contribution in [3.05, 3.63) is 35.7 Å². The van der Waals surface area contributed by atoms with Gasteiger partial charge in [0, 0.05) is 13.0 Å². The van der Waals surface area contributed by atoms with Crippen LogP contribution in [0.4, 0.5) is 5.95 Å². The van der Waals surface area contributed by atoms with E-state index in [0.717, 1.165) is 37.4 Å². The van der Waals surface area contributed by atoms with Crippen LogP contribution in [0.15, 0.2) is 24.3 Å². The molecule has 1 aliphatic rings. The maximum atomic E-state index is 5.74. The fourth-order valence-electron chi connectivity index (χ4n) is 2.81. The van der Waals surface area contributed by atoms with Gasteiger partial charge in [0.2, 0.25) is 5.95 Å². The molecule has 118 valence electrons. The van der Waals surface area contributed by atoms with Crippen molar-refractivity contribution in [2.24, 2.45) is 0 Å². The molecule has 0 saturated heterocycles. The van der Waals surface area contributed by atoms with Gasteiger partial charge < -0.3 is 15.4 Å². The molecule has 0 saturated carbocycles. The summed E-state index contributed by atoms with van der Waals surface area (Å²) in [5.74, 6) is 2.25. The number of anilines is 1. The molecule has 0 bridgehead atoms. The van der Waals surface area contributed by atoms with E-state index in [-0.39, 0.29) is 6.04 Å². The summed E-state index contributed by atoms with van der Waals surface area (Å²) < 4.78 is 7.71. The molecule has 0 amide bonds. The van der Waals surface area contributed by atoms with E-state index < -0.39 is 0 Å². The Balaban J connectivity index is 1.71. The number of ether oxygens (including phenoxy) is 1. The average molecular weight is 301 g/mol. The number of aromatic nitrogens is 3. The molecule has 22 heavy (non-hydrogen) atoms. The molecule has 0 fully saturated rings. The Bertz CT molecular complexity index is 620. The van der Waals surface area contributed by atoms with Gasteiger partial charge in [-0.15, -0.1) is 5.10 Å². The molecule has 6 heteroatoms. The van der Waals surface area contributed by atoms with Crippen LogP contribution in [-0.2, 0) is 6.42 Å². The summed E-state index contributed by atoms with van der Waals surface area (Å²) in [6.45, 7) is 1.60. The first-order valence-corrected chi connectivity index (χ1v) is 7.72. The number of fused-ring (bicyclic) bond motifs is 1. The number of nitrogens with zero attached hydrogens (tertiary/aromatic N) is 4. The average Bonchev–Trinajstić information content (AvgIpc) is 2.87. The highest BCUT2D eigenvalue weighted by molar-refractivity contribution is 5.30. The minimum atomic E-state index is 0.226. The zero-order valence-electron chi connectivity index (χ0n) is 13.2. The molecule has 0 spiro atoms. The molecule has 1 aliphatic heterocycles. The van der Waals surface area contributed by atoms with Crippen LogP contribution >= 0.6 is 0 Å². The van der Waals surface area contributed by atoms with Gasteiger partial charge in [-0.25, -0.2) is 4.68 Å². The molecule has 0 aliphatic carbocycles. The van der Waals surface area contributed by atoms with E-state index >= 15 is 0 Å². The number of nitrogens with two attached hydrogens (primary N) is 1. The lowest BCUT2D eigenvalue weighted by Gasteiger charge is -2.23. The van der Waals surface area contributed by atoms with Crippen LogP contribution in [0.5, 0.6) is 5.75 Å². The predicted octanol–water partition coefficient (Wildman–Crippen LogP) is 1.73. The van der Waals surface area contributed by atoms with Gasteiger partial charge in [-0.1, -0.05) is 12.1 Å². The third-order valence-electron chi connectivity index (χ3n) is 3.96. The van der Waals surface area contributed by atoms with Gasteiger partial charge >= 0.3 is 0 Å². The number of likely N-dealkylation sites (N-methyl/N-ethyl adjacent to an activating group) is 1. The first-order valence-electron chi connectivity index (χ1n) is 7.72. The highest BCUT2D eigenvalue weighted by Gasteiger charge is 2.23. The fourth-order valence-corrected chi connectivity index (χ4v) is 2.81. The van der Waals surface area contributed by atoms with Gasteiger partial charge in [-0.3, -0.25) is 0 Å². The second-order valence-electron chi connectivity index (χ2n) is 5.96. The summed E-state index contributed by atoms with van der Waals surface area (Å²) in [6.07, 6.45) is 3.13. The largest absolute Gasteiger partial charge is 0.492 e. The van der Waals surface area contributed by atoms with E-state index in [1.54, 1.807) is 0 Å². The van der Waals surface area contributed by atoms with Crippen molar-refractivity contribution < 1.29 is 4.74 Å². The number of rotatable bonds is 5. The van der Waals surface area contributed by atoms with Crippen molar-refractivity contribution >= 4 is 5.95 Å². The zero-order valence-corrected chi connectivity index (χ0v) is 13.2. The van der Waals surface area contributed by atoms with Crippen molar-refractivity contribution in [1.29, 1.82) is 0 Å². The van der Waals surface area contributed by atoms with Gasteiger partial charge in [0.25, 0.3) is 0 Å². The quantitative estimate of drug-likeness (QED) is 0.911. The molecule has 1 aromatic heterocycles. The lowest BCUT2D eigenvalue weighted by Crippen LogP contribution is -2.20. The summed E-state index contributed by atoms with van der Waals surface area (Å²) in [4.78, 5) is 6.41. The minimum Gasteiger partial charge on any atom is -0.492 e. The summed E-state index contributed by atoms with van der Waals surface area (Å²) in [5, 5.41) is 4.35. The van der Waals surface area contributed by atoms with Crippen molar-refractivity contribution in [3.8, 4) is 5.75 Å². The van der Waals surface area contributed by atoms with E-state index in [9.17, 15) is 0 Å². The maximum absolute atomic E-state index is 5.74. The van der Waals surface area contributed by atoms with Crippen LogP contribution in [0.1, 0.15) is 30.3 Å². The molecule has 6 nitrogen and oxygen atoms in total. The second kappa shape index (κ2) is 6.36. The predicted molar refractivity (Wildman–Crippen MR) is 86.0 cm³/mol. The van der Waals surface area contributed by atoms with Crippen LogP contribution in [0, 0.1) is 0 Å². The lowest BCUT2D eigenvalue weighted by molar-refractivity contribution is 0.261. The summed E-state index contributed by atoms with van der Waals surface area (Å²) >= 11 is 0. The molecule has 1 aromatic carbocycles. The van der Waals surface area contributed by atoms with E-state index in [1.165, 1.54) is 5.56 Å². The number of aryl methyl sites for hydroxylation is 1. The van der Waals surface area contributed by atoms with Crippen molar-refractivity contribution in [2.45, 2.75) is 25.3 Å². The second-order valence-corrected chi connectivity index (χ2v) is 5.96. The third kappa shape index (κ3) is 3.22. The topological polar surface area (TPSA) is 69.2 Å². The van der Waals surface area contributed by atoms with Crippen molar-refractivity contribution in [2.75, 3.05) is 33.0 Å². The number of hydrogen-bond donors (Lipinski definition) is 1. The molecule has 2 heterocycles. The normalized spacial score (nSPS) is 17.5. The van der Waals surface area contributed by atoms with Crippen LogP contribution in [0.3, 0.4) is 0 Å². The summed E-state index contributed by atoms with van der Waals surface area (Å²) in [6, 6.07) is 8.51. The standard InChI is InChI=1S/C16H23N5O/c1-20(2)10-11-22-13-8-6-12(7-9-13)14-4-3-5-15-18-16(17)19-21(14)15/h6-9,14H,3-5,10-11H2,1-2H3,(H2,17,19). The third-order valence-corrected chi connectivity index (χ3v) is 3.96. The van der Waals surface area contributed by atoms with Crippen molar-refractivity contribution in [3.63, 3.8) is 0 Å². The Morgan fingerprint density at radius 1 is 1.32 bits per heavy atom. The minimum absolute atomic E-state index is 0.226. The van der Waals surface area contributed by atoms with Gasteiger partial charge in [0.1, 0.15) is 18.2 Å². The van der Waals surface area contributed by atoms with Crippen LogP contribution in [0.2, 0.25) is 0 Å². The molecule has 1 unspecified atom stereocenters. The van der Waals surface area contributed by atoms with E-state index in [4.69, 9.17) is 10.5 Å². The highest BCUT2D eigenvalue weighted by atomic mass is 16.5. The monoisotopic (exact) mass is 301 g/mol. The molecule has 2 aromatic rings. The van der Waals surface area contributed by atoms with Crippen LogP contribution < -0.4 is 10.5 Å². The maximum Gasteiger partial charge on any atom is 0.239 e. The Labute approximate surface area is 130 Å². The SMILES string of the molecule is CN(C)CCOc1ccc(C2CCCc3nc(N)nn32)cc1.